The van der Waals surface area contributed by atoms with Crippen molar-refractivity contribution < 1.29 is 25.2 Å². The number of likely N-dealkylation sites (tertiary alicyclic amines) is 1. The fourth-order valence-electron chi connectivity index (χ4n) is 6.02. The van der Waals surface area contributed by atoms with Crippen molar-refractivity contribution in [3.8, 4) is 11.5 Å². The average molecular weight is 345 g/mol. The predicted molar refractivity (Wildman–Crippen MR) is 89.8 cm³/mol. The fourth-order valence-corrected chi connectivity index (χ4v) is 6.02. The summed E-state index contributed by atoms with van der Waals surface area (Å²) in [4.78, 5) is 14.8. The van der Waals surface area contributed by atoms with E-state index in [0.29, 0.717) is 31.6 Å². The highest BCUT2D eigenvalue weighted by Crippen LogP contribution is 2.64. The SMILES string of the molecule is [2H]C1([2H])C(CN2CC[C@]34c5c6ccc(O)c5O[C@H]3C(=O)CCC4(O)[C@H]2C6)C1([2H])[2H]. The molecule has 6 rings (SSSR count). The number of piperidine rings is 1. The average Bonchev–Trinajstić information content (AvgIpc) is 2.93. The molecule has 0 aromatic heterocycles. The van der Waals surface area contributed by atoms with Gasteiger partial charge < -0.3 is 14.9 Å². The number of ether oxygens (including phenoxy) is 1. The zero-order chi connectivity index (χ0) is 20.6. The molecule has 4 atom stereocenters. The van der Waals surface area contributed by atoms with Gasteiger partial charge in [-0.05, 0) is 56.1 Å². The minimum Gasteiger partial charge on any atom is -0.504 e. The van der Waals surface area contributed by atoms with Crippen molar-refractivity contribution in [3.05, 3.63) is 23.3 Å². The molecule has 0 amide bonds. The molecule has 1 unspecified atom stereocenters. The molecule has 5 aliphatic rings. The van der Waals surface area contributed by atoms with Crippen molar-refractivity contribution in [2.24, 2.45) is 5.92 Å². The van der Waals surface area contributed by atoms with Gasteiger partial charge in [0, 0.05) is 30.1 Å². The number of rotatable bonds is 2. The van der Waals surface area contributed by atoms with Gasteiger partial charge in [-0.15, -0.1) is 0 Å². The summed E-state index contributed by atoms with van der Waals surface area (Å²) in [6.07, 6.45) is -3.08. The molecular weight excluding hydrogens is 318 g/mol. The number of ketones is 1. The quantitative estimate of drug-likeness (QED) is 0.851. The summed E-state index contributed by atoms with van der Waals surface area (Å²) in [5, 5.41) is 22.4. The Balaban J connectivity index is 1.47. The maximum Gasteiger partial charge on any atom is 0.174 e. The highest BCUT2D eigenvalue weighted by Gasteiger charge is 2.73. The van der Waals surface area contributed by atoms with E-state index in [0.717, 1.165) is 11.1 Å². The van der Waals surface area contributed by atoms with Gasteiger partial charge in [-0.3, -0.25) is 9.69 Å². The van der Waals surface area contributed by atoms with Crippen LogP contribution in [0, 0.1) is 5.92 Å². The summed E-state index contributed by atoms with van der Waals surface area (Å²) in [6.45, 7) is 0.764. The monoisotopic (exact) mass is 345 g/mol. The number of Topliss-reactive ketones (excluding diaryl/α,β-unsaturated/α-hetero) is 1. The number of aliphatic hydroxyl groups is 1. The number of aromatic hydroxyl groups is 1. The lowest BCUT2D eigenvalue weighted by Gasteiger charge is -2.62. The summed E-state index contributed by atoms with van der Waals surface area (Å²) >= 11 is 0. The molecular formula is C20H23NO4. The highest BCUT2D eigenvalue weighted by molar-refractivity contribution is 5.90. The van der Waals surface area contributed by atoms with Gasteiger partial charge in [0.05, 0.1) is 11.0 Å². The van der Waals surface area contributed by atoms with Gasteiger partial charge in [0.1, 0.15) is 0 Å². The molecule has 5 heteroatoms. The summed E-state index contributed by atoms with van der Waals surface area (Å²) in [5.41, 5.74) is -0.418. The van der Waals surface area contributed by atoms with E-state index in [4.69, 9.17) is 10.2 Å². The second-order valence-electron chi connectivity index (χ2n) is 8.11. The fraction of sp³-hybridized carbons (Fsp3) is 0.650. The van der Waals surface area contributed by atoms with Gasteiger partial charge in [-0.2, -0.15) is 0 Å². The Morgan fingerprint density at radius 2 is 2.20 bits per heavy atom. The molecule has 2 heterocycles. The van der Waals surface area contributed by atoms with E-state index in [1.165, 1.54) is 0 Å². The summed E-state index contributed by atoms with van der Waals surface area (Å²) in [5.74, 6) is -0.476. The van der Waals surface area contributed by atoms with Crippen molar-refractivity contribution in [3.63, 3.8) is 0 Å². The molecule has 2 aliphatic heterocycles. The molecule has 2 N–H and O–H groups in total. The van der Waals surface area contributed by atoms with Crippen LogP contribution in [0.15, 0.2) is 12.1 Å². The van der Waals surface area contributed by atoms with Crippen molar-refractivity contribution in [2.45, 2.75) is 61.6 Å². The third kappa shape index (κ3) is 1.56. The standard InChI is InChI=1S/C20H23NO4/c22-13-4-3-12-9-15-20(24)6-5-14(23)18-19(20,16(12)17(13)25-18)7-8-21(15)10-11-1-2-11/h3-4,11,15,18,22,24H,1-2,5-10H2/t15-,18+,19+,20?/m1/s1/i1D2,2D2. The van der Waals surface area contributed by atoms with Crippen LogP contribution in [0.5, 0.6) is 11.5 Å². The van der Waals surface area contributed by atoms with Crippen LogP contribution < -0.4 is 4.74 Å². The number of carbonyl (C=O) groups is 1. The van der Waals surface area contributed by atoms with E-state index in [-0.39, 0.29) is 30.5 Å². The summed E-state index contributed by atoms with van der Waals surface area (Å²) in [7, 11) is 0. The van der Waals surface area contributed by atoms with Crippen LogP contribution in [0.4, 0.5) is 0 Å². The second kappa shape index (κ2) is 4.38. The molecule has 2 saturated carbocycles. The van der Waals surface area contributed by atoms with Crippen LogP contribution in [0.25, 0.3) is 0 Å². The third-order valence-corrected chi connectivity index (χ3v) is 7.13. The highest BCUT2D eigenvalue weighted by atomic mass is 16.5. The maximum atomic E-state index is 12.8. The van der Waals surface area contributed by atoms with Crippen LogP contribution in [0.2, 0.25) is 0 Å². The Morgan fingerprint density at radius 3 is 3.00 bits per heavy atom. The molecule has 3 fully saturated rings. The van der Waals surface area contributed by atoms with E-state index < -0.39 is 35.8 Å². The first-order chi connectivity index (χ1) is 13.6. The first kappa shape index (κ1) is 11.2. The lowest BCUT2D eigenvalue weighted by Crippen LogP contribution is -2.76. The van der Waals surface area contributed by atoms with Gasteiger partial charge in [-0.1, -0.05) is 6.07 Å². The molecule has 2 bridgehead atoms. The molecule has 0 radical (unpaired) electrons. The molecule has 1 aromatic carbocycles. The van der Waals surface area contributed by atoms with Crippen LogP contribution in [0.1, 0.15) is 48.6 Å². The van der Waals surface area contributed by atoms with Gasteiger partial charge >= 0.3 is 0 Å². The lowest BCUT2D eigenvalue weighted by molar-refractivity contribution is -0.188. The van der Waals surface area contributed by atoms with Crippen molar-refractivity contribution >= 4 is 5.78 Å². The first-order valence-electron chi connectivity index (χ1n) is 11.1. The number of carbonyl (C=O) groups excluding carboxylic acids is 1. The zero-order valence-electron chi connectivity index (χ0n) is 17.8. The number of nitrogens with zero attached hydrogens (tertiary/aromatic N) is 1. The van der Waals surface area contributed by atoms with Crippen LogP contribution in [-0.4, -0.2) is 51.7 Å². The van der Waals surface area contributed by atoms with Gasteiger partial charge in [0.15, 0.2) is 23.4 Å². The smallest absolute Gasteiger partial charge is 0.174 e. The van der Waals surface area contributed by atoms with E-state index in [1.807, 2.05) is 11.0 Å². The van der Waals surface area contributed by atoms with E-state index in [1.54, 1.807) is 6.07 Å². The Hall–Kier alpha value is -1.59. The Labute approximate surface area is 152 Å². The van der Waals surface area contributed by atoms with E-state index >= 15 is 0 Å². The Bertz CT molecular complexity index is 954. The molecule has 5 nitrogen and oxygen atoms in total. The number of phenols is 1. The lowest BCUT2D eigenvalue weighted by atomic mass is 9.49. The number of hydrogen-bond donors (Lipinski definition) is 2. The number of hydrogen-bond acceptors (Lipinski definition) is 5. The topological polar surface area (TPSA) is 70.0 Å². The first-order valence-corrected chi connectivity index (χ1v) is 9.07. The molecule has 3 aliphatic carbocycles. The van der Waals surface area contributed by atoms with Crippen LogP contribution >= 0.6 is 0 Å². The van der Waals surface area contributed by atoms with Crippen molar-refractivity contribution in [1.82, 2.24) is 4.90 Å². The Kier molecular flexibility index (Phi) is 1.96. The minimum atomic E-state index is -1.86. The predicted octanol–water partition coefficient (Wildman–Crippen LogP) is 1.53. The summed E-state index contributed by atoms with van der Waals surface area (Å²) in [6, 6.07) is 3.05. The number of benzene rings is 1. The van der Waals surface area contributed by atoms with Crippen LogP contribution in [-0.2, 0) is 16.6 Å². The minimum absolute atomic E-state index is 0.0112. The van der Waals surface area contributed by atoms with Crippen molar-refractivity contribution in [2.75, 3.05) is 13.1 Å². The van der Waals surface area contributed by atoms with Crippen molar-refractivity contribution in [1.29, 1.82) is 0 Å². The largest absolute Gasteiger partial charge is 0.504 e. The zero-order valence-corrected chi connectivity index (χ0v) is 13.8. The molecule has 1 spiro atoms. The Morgan fingerprint density at radius 1 is 1.36 bits per heavy atom. The molecule has 25 heavy (non-hydrogen) atoms. The van der Waals surface area contributed by atoms with E-state index in [9.17, 15) is 15.0 Å². The third-order valence-electron chi connectivity index (χ3n) is 7.13. The maximum absolute atomic E-state index is 12.8. The van der Waals surface area contributed by atoms with Gasteiger partial charge in [0.25, 0.3) is 0 Å². The summed E-state index contributed by atoms with van der Waals surface area (Å²) < 4.78 is 37.8. The van der Waals surface area contributed by atoms with E-state index in [2.05, 4.69) is 0 Å². The second-order valence-corrected chi connectivity index (χ2v) is 8.11. The molecule has 1 aromatic rings. The normalized spacial score (nSPS) is 47.8. The molecule has 132 valence electrons. The number of phenolic OH excluding ortho intramolecular Hbond substituents is 1. The van der Waals surface area contributed by atoms with Gasteiger partial charge in [0.2, 0.25) is 0 Å². The molecule has 1 saturated heterocycles. The van der Waals surface area contributed by atoms with Gasteiger partial charge in [-0.25, -0.2) is 0 Å². The van der Waals surface area contributed by atoms with Crippen LogP contribution in [0.3, 0.4) is 0 Å².